The molecular formula is C11H13ClFN. The molecular weight excluding hydrogens is 201 g/mol. The Hall–Kier alpha value is -0.860. The predicted molar refractivity (Wildman–Crippen MR) is 58.0 cm³/mol. The molecule has 0 aliphatic heterocycles. The standard InChI is InChI=1S/C11H13ClFN/c1-3-10(14-4-2)8-6-5-7-9(13)11(8)12/h3,5-7,10,14H,1,4H2,2H3. The van der Waals surface area contributed by atoms with Gasteiger partial charge in [0.15, 0.2) is 0 Å². The molecule has 1 atom stereocenters. The molecule has 0 aliphatic rings. The molecule has 0 radical (unpaired) electrons. The molecule has 0 amide bonds. The maximum atomic E-state index is 13.1. The summed E-state index contributed by atoms with van der Waals surface area (Å²) in [5.74, 6) is -0.395. The van der Waals surface area contributed by atoms with Crippen LogP contribution in [-0.2, 0) is 0 Å². The van der Waals surface area contributed by atoms with E-state index in [1.165, 1.54) is 6.07 Å². The summed E-state index contributed by atoms with van der Waals surface area (Å²) in [7, 11) is 0. The van der Waals surface area contributed by atoms with Crippen molar-refractivity contribution < 1.29 is 4.39 Å². The topological polar surface area (TPSA) is 12.0 Å². The molecule has 0 saturated heterocycles. The van der Waals surface area contributed by atoms with Crippen LogP contribution in [0.5, 0.6) is 0 Å². The Morgan fingerprint density at radius 3 is 2.93 bits per heavy atom. The van der Waals surface area contributed by atoms with Gasteiger partial charge in [0.1, 0.15) is 5.82 Å². The Balaban J connectivity index is 3.03. The van der Waals surface area contributed by atoms with Crippen LogP contribution in [0.4, 0.5) is 4.39 Å². The van der Waals surface area contributed by atoms with E-state index < -0.39 is 5.82 Å². The van der Waals surface area contributed by atoms with Crippen LogP contribution in [-0.4, -0.2) is 6.54 Å². The van der Waals surface area contributed by atoms with Crippen LogP contribution in [0, 0.1) is 5.82 Å². The number of rotatable bonds is 4. The second-order valence-corrected chi connectivity index (χ2v) is 3.29. The maximum absolute atomic E-state index is 13.1. The third kappa shape index (κ3) is 2.34. The van der Waals surface area contributed by atoms with Crippen molar-refractivity contribution in [2.24, 2.45) is 0 Å². The van der Waals surface area contributed by atoms with Gasteiger partial charge in [0.05, 0.1) is 11.1 Å². The van der Waals surface area contributed by atoms with E-state index in [2.05, 4.69) is 11.9 Å². The highest BCUT2D eigenvalue weighted by atomic mass is 35.5. The lowest BCUT2D eigenvalue weighted by Crippen LogP contribution is -2.19. The van der Waals surface area contributed by atoms with E-state index in [0.717, 1.165) is 12.1 Å². The van der Waals surface area contributed by atoms with Gasteiger partial charge in [-0.15, -0.1) is 6.58 Å². The molecule has 0 spiro atoms. The van der Waals surface area contributed by atoms with E-state index in [1.807, 2.05) is 6.92 Å². The highest BCUT2D eigenvalue weighted by molar-refractivity contribution is 6.31. The Morgan fingerprint density at radius 1 is 1.64 bits per heavy atom. The summed E-state index contributed by atoms with van der Waals surface area (Å²) >= 11 is 5.84. The van der Waals surface area contributed by atoms with Crippen molar-refractivity contribution in [3.8, 4) is 0 Å². The summed E-state index contributed by atoms with van der Waals surface area (Å²) in [6.07, 6.45) is 1.71. The van der Waals surface area contributed by atoms with E-state index >= 15 is 0 Å². The minimum absolute atomic E-state index is 0.0943. The Kier molecular flexibility index (Phi) is 4.11. The van der Waals surface area contributed by atoms with E-state index in [0.29, 0.717) is 0 Å². The molecule has 14 heavy (non-hydrogen) atoms. The first-order valence-corrected chi connectivity index (χ1v) is 4.88. The smallest absolute Gasteiger partial charge is 0.142 e. The van der Waals surface area contributed by atoms with Crippen LogP contribution in [0.1, 0.15) is 18.5 Å². The van der Waals surface area contributed by atoms with Gasteiger partial charge in [-0.1, -0.05) is 36.7 Å². The van der Waals surface area contributed by atoms with Gasteiger partial charge in [-0.25, -0.2) is 4.39 Å². The lowest BCUT2D eigenvalue weighted by molar-refractivity contribution is 0.611. The summed E-state index contributed by atoms with van der Waals surface area (Å²) in [5.41, 5.74) is 0.725. The van der Waals surface area contributed by atoms with Crippen LogP contribution in [0.25, 0.3) is 0 Å². The fourth-order valence-electron chi connectivity index (χ4n) is 1.30. The van der Waals surface area contributed by atoms with Crippen molar-refractivity contribution >= 4 is 11.6 Å². The van der Waals surface area contributed by atoms with E-state index in [4.69, 9.17) is 11.6 Å². The highest BCUT2D eigenvalue weighted by Crippen LogP contribution is 2.25. The summed E-state index contributed by atoms with van der Waals surface area (Å²) < 4.78 is 13.1. The van der Waals surface area contributed by atoms with Gasteiger partial charge < -0.3 is 5.32 Å². The minimum Gasteiger partial charge on any atom is -0.307 e. The number of hydrogen-bond acceptors (Lipinski definition) is 1. The van der Waals surface area contributed by atoms with Crippen molar-refractivity contribution in [3.05, 3.63) is 47.3 Å². The van der Waals surface area contributed by atoms with E-state index in [1.54, 1.807) is 18.2 Å². The predicted octanol–water partition coefficient (Wildman–Crippen LogP) is 3.32. The SMILES string of the molecule is C=CC(NCC)c1cccc(F)c1Cl. The lowest BCUT2D eigenvalue weighted by Gasteiger charge is -2.15. The second-order valence-electron chi connectivity index (χ2n) is 2.91. The van der Waals surface area contributed by atoms with E-state index in [9.17, 15) is 4.39 Å². The molecule has 76 valence electrons. The van der Waals surface area contributed by atoms with Gasteiger partial charge in [-0.2, -0.15) is 0 Å². The first-order valence-electron chi connectivity index (χ1n) is 4.50. The van der Waals surface area contributed by atoms with Crippen LogP contribution in [0.15, 0.2) is 30.9 Å². The van der Waals surface area contributed by atoms with Crippen molar-refractivity contribution in [3.63, 3.8) is 0 Å². The van der Waals surface area contributed by atoms with Crippen molar-refractivity contribution in [2.75, 3.05) is 6.54 Å². The molecule has 1 aromatic rings. The maximum Gasteiger partial charge on any atom is 0.142 e. The van der Waals surface area contributed by atoms with Crippen LogP contribution >= 0.6 is 11.6 Å². The fraction of sp³-hybridized carbons (Fsp3) is 0.273. The summed E-state index contributed by atoms with van der Waals surface area (Å²) in [5, 5.41) is 3.31. The first-order chi connectivity index (χ1) is 6.70. The third-order valence-corrected chi connectivity index (χ3v) is 2.38. The zero-order valence-electron chi connectivity index (χ0n) is 8.06. The molecule has 0 saturated carbocycles. The van der Waals surface area contributed by atoms with Crippen LogP contribution in [0.3, 0.4) is 0 Å². The Bertz CT molecular complexity index is 325. The zero-order valence-corrected chi connectivity index (χ0v) is 8.81. The number of nitrogens with one attached hydrogen (secondary N) is 1. The molecule has 1 N–H and O–H groups in total. The molecule has 1 nitrogen and oxygen atoms in total. The molecule has 1 unspecified atom stereocenters. The molecule has 0 bridgehead atoms. The van der Waals surface area contributed by atoms with Gasteiger partial charge in [0, 0.05) is 0 Å². The number of likely N-dealkylation sites (N-methyl/N-ethyl adjacent to an activating group) is 1. The first kappa shape index (κ1) is 11.2. The zero-order chi connectivity index (χ0) is 10.6. The average molecular weight is 214 g/mol. The average Bonchev–Trinajstić information content (AvgIpc) is 2.19. The third-order valence-electron chi connectivity index (χ3n) is 1.98. The summed E-state index contributed by atoms with van der Waals surface area (Å²) in [6, 6.07) is 4.69. The van der Waals surface area contributed by atoms with Crippen LogP contribution < -0.4 is 5.32 Å². The van der Waals surface area contributed by atoms with Crippen molar-refractivity contribution in [1.82, 2.24) is 5.32 Å². The van der Waals surface area contributed by atoms with Gasteiger partial charge in [0.25, 0.3) is 0 Å². The molecule has 0 heterocycles. The van der Waals surface area contributed by atoms with Crippen molar-refractivity contribution in [1.29, 1.82) is 0 Å². The largest absolute Gasteiger partial charge is 0.307 e. The lowest BCUT2D eigenvalue weighted by atomic mass is 10.1. The Morgan fingerprint density at radius 2 is 2.36 bits per heavy atom. The molecule has 1 aromatic carbocycles. The van der Waals surface area contributed by atoms with Crippen LogP contribution in [0.2, 0.25) is 5.02 Å². The van der Waals surface area contributed by atoms with Gasteiger partial charge in [-0.3, -0.25) is 0 Å². The molecule has 0 aliphatic carbocycles. The molecule has 1 rings (SSSR count). The normalized spacial score (nSPS) is 12.5. The highest BCUT2D eigenvalue weighted by Gasteiger charge is 2.12. The van der Waals surface area contributed by atoms with Crippen molar-refractivity contribution in [2.45, 2.75) is 13.0 Å². The quantitative estimate of drug-likeness (QED) is 0.757. The minimum atomic E-state index is -0.395. The fourth-order valence-corrected chi connectivity index (χ4v) is 1.54. The number of halogens is 2. The number of benzene rings is 1. The monoisotopic (exact) mass is 213 g/mol. The van der Waals surface area contributed by atoms with E-state index in [-0.39, 0.29) is 11.1 Å². The van der Waals surface area contributed by atoms with Gasteiger partial charge >= 0.3 is 0 Å². The number of hydrogen-bond donors (Lipinski definition) is 1. The Labute approximate surface area is 88.6 Å². The molecule has 0 aromatic heterocycles. The van der Waals surface area contributed by atoms with Gasteiger partial charge in [0.2, 0.25) is 0 Å². The second kappa shape index (κ2) is 5.13. The summed E-state index contributed by atoms with van der Waals surface area (Å²) in [6.45, 7) is 6.44. The van der Waals surface area contributed by atoms with Gasteiger partial charge in [-0.05, 0) is 18.2 Å². The molecule has 3 heteroatoms. The summed E-state index contributed by atoms with van der Waals surface area (Å²) in [4.78, 5) is 0. The molecule has 0 fully saturated rings.